The summed E-state index contributed by atoms with van der Waals surface area (Å²) in [6.45, 7) is 3.68. The molecule has 0 unspecified atom stereocenters. The molecule has 0 aliphatic carbocycles. The van der Waals surface area contributed by atoms with Crippen LogP contribution in [0, 0.1) is 6.92 Å². The van der Waals surface area contributed by atoms with Gasteiger partial charge in [0.05, 0.1) is 5.69 Å². The first-order valence-corrected chi connectivity index (χ1v) is 8.46. The highest BCUT2D eigenvalue weighted by atomic mass is 16.2. The third kappa shape index (κ3) is 3.07. The number of carbonyl (C=O) groups excluding carboxylic acids is 1. The van der Waals surface area contributed by atoms with Crippen molar-refractivity contribution in [3.63, 3.8) is 0 Å². The number of fused-ring (bicyclic) bond motifs is 1. The highest BCUT2D eigenvalue weighted by Crippen LogP contribution is 2.23. The normalized spacial score (nSPS) is 15.7. The number of anilines is 1. The van der Waals surface area contributed by atoms with Crippen LogP contribution in [-0.2, 0) is 7.05 Å². The predicted molar refractivity (Wildman–Crippen MR) is 93.6 cm³/mol. The van der Waals surface area contributed by atoms with E-state index in [1.807, 2.05) is 17.6 Å². The van der Waals surface area contributed by atoms with Crippen molar-refractivity contribution in [2.45, 2.75) is 25.8 Å². The zero-order valence-corrected chi connectivity index (χ0v) is 14.4. The maximum Gasteiger partial charge on any atom is 0.271 e. The van der Waals surface area contributed by atoms with E-state index in [0.29, 0.717) is 5.69 Å². The summed E-state index contributed by atoms with van der Waals surface area (Å²) >= 11 is 0. The lowest BCUT2D eigenvalue weighted by molar-refractivity contribution is 0.0925. The second kappa shape index (κ2) is 6.19. The van der Waals surface area contributed by atoms with Gasteiger partial charge in [-0.2, -0.15) is 10.2 Å². The molecule has 3 aromatic heterocycles. The van der Waals surface area contributed by atoms with Gasteiger partial charge in [-0.25, -0.2) is 9.50 Å². The summed E-state index contributed by atoms with van der Waals surface area (Å²) in [6, 6.07) is 3.95. The summed E-state index contributed by atoms with van der Waals surface area (Å²) in [5, 5.41) is 11.7. The molecular weight excluding hydrogens is 318 g/mol. The molecule has 130 valence electrons. The zero-order valence-electron chi connectivity index (χ0n) is 14.4. The summed E-state index contributed by atoms with van der Waals surface area (Å²) in [4.78, 5) is 19.0. The van der Waals surface area contributed by atoms with Crippen LogP contribution in [0.25, 0.3) is 5.52 Å². The Morgan fingerprint density at radius 3 is 2.76 bits per heavy atom. The van der Waals surface area contributed by atoms with Crippen molar-refractivity contribution < 1.29 is 4.79 Å². The molecule has 1 aliphatic rings. The predicted octanol–water partition coefficient (Wildman–Crippen LogP) is 1.17. The van der Waals surface area contributed by atoms with Gasteiger partial charge >= 0.3 is 0 Å². The van der Waals surface area contributed by atoms with Gasteiger partial charge in [0.2, 0.25) is 0 Å². The van der Waals surface area contributed by atoms with Crippen molar-refractivity contribution >= 4 is 17.2 Å². The average molecular weight is 339 g/mol. The van der Waals surface area contributed by atoms with Gasteiger partial charge in [-0.1, -0.05) is 0 Å². The number of nitrogens with one attached hydrogen (secondary N) is 1. The van der Waals surface area contributed by atoms with E-state index in [2.05, 4.69) is 31.5 Å². The average Bonchev–Trinajstić information content (AvgIpc) is 3.20. The third-order valence-corrected chi connectivity index (χ3v) is 4.57. The summed E-state index contributed by atoms with van der Waals surface area (Å²) in [5.74, 6) is 0.850. The third-order valence-electron chi connectivity index (χ3n) is 4.57. The Bertz CT molecular complexity index is 905. The minimum atomic E-state index is -0.106. The van der Waals surface area contributed by atoms with E-state index in [1.54, 1.807) is 30.2 Å². The van der Waals surface area contributed by atoms with Crippen LogP contribution in [0.2, 0.25) is 0 Å². The van der Waals surface area contributed by atoms with E-state index in [1.165, 1.54) is 0 Å². The molecule has 3 aromatic rings. The fourth-order valence-electron chi connectivity index (χ4n) is 3.31. The Hall–Kier alpha value is -2.90. The van der Waals surface area contributed by atoms with Gasteiger partial charge in [-0.15, -0.1) is 0 Å². The van der Waals surface area contributed by atoms with Gasteiger partial charge in [0.25, 0.3) is 5.91 Å². The zero-order chi connectivity index (χ0) is 17.4. The summed E-state index contributed by atoms with van der Waals surface area (Å²) in [5.41, 5.74) is 2.47. The van der Waals surface area contributed by atoms with Crippen molar-refractivity contribution in [1.29, 1.82) is 0 Å². The van der Waals surface area contributed by atoms with E-state index >= 15 is 0 Å². The maximum absolute atomic E-state index is 12.2. The lowest BCUT2D eigenvalue weighted by atomic mass is 10.0. The molecule has 4 heterocycles. The molecule has 1 fully saturated rings. The first-order valence-electron chi connectivity index (χ1n) is 8.46. The second-order valence-electron chi connectivity index (χ2n) is 6.48. The van der Waals surface area contributed by atoms with Crippen molar-refractivity contribution in [3.8, 4) is 0 Å². The van der Waals surface area contributed by atoms with Gasteiger partial charge in [-0.3, -0.25) is 9.48 Å². The number of nitrogens with zero attached hydrogens (tertiary/aromatic N) is 6. The van der Waals surface area contributed by atoms with Gasteiger partial charge < -0.3 is 10.2 Å². The first-order chi connectivity index (χ1) is 12.1. The fraction of sp³-hybridized carbons (Fsp3) is 0.412. The molecule has 1 aliphatic heterocycles. The Balaban J connectivity index is 1.42. The fourth-order valence-corrected chi connectivity index (χ4v) is 3.31. The maximum atomic E-state index is 12.2. The molecule has 0 saturated carbocycles. The van der Waals surface area contributed by atoms with Gasteiger partial charge in [0.15, 0.2) is 5.82 Å². The molecule has 1 amide bonds. The lowest BCUT2D eigenvalue weighted by Crippen LogP contribution is -2.45. The minimum Gasteiger partial charge on any atom is -0.355 e. The largest absolute Gasteiger partial charge is 0.355 e. The molecule has 8 nitrogen and oxygen atoms in total. The molecule has 25 heavy (non-hydrogen) atoms. The summed E-state index contributed by atoms with van der Waals surface area (Å²) in [7, 11) is 1.81. The molecule has 0 spiro atoms. The Labute approximate surface area is 145 Å². The van der Waals surface area contributed by atoms with Gasteiger partial charge in [-0.05, 0) is 31.9 Å². The molecule has 8 heteroatoms. The minimum absolute atomic E-state index is 0.106. The van der Waals surface area contributed by atoms with Gasteiger partial charge in [0, 0.05) is 44.8 Å². The molecular formula is C17H21N7O. The van der Waals surface area contributed by atoms with Gasteiger partial charge in [0.1, 0.15) is 11.2 Å². The lowest BCUT2D eigenvalue weighted by Gasteiger charge is -2.33. The number of carbonyl (C=O) groups is 1. The van der Waals surface area contributed by atoms with E-state index < -0.39 is 0 Å². The standard InChI is InChI=1S/C17H21N7O/c1-12-11-15-16(18-6-10-24(15)20-12)23-8-3-13(4-9-23)19-17(25)14-5-7-22(2)21-14/h5-7,10-11,13H,3-4,8-9H2,1-2H3,(H,19,25). The van der Waals surface area contributed by atoms with Crippen LogP contribution in [0.3, 0.4) is 0 Å². The van der Waals surface area contributed by atoms with Crippen LogP contribution in [0.5, 0.6) is 0 Å². The Kier molecular flexibility index (Phi) is 3.87. The highest BCUT2D eigenvalue weighted by molar-refractivity contribution is 5.92. The molecule has 1 saturated heterocycles. The number of rotatable bonds is 3. The molecule has 1 N–H and O–H groups in total. The Morgan fingerprint density at radius 1 is 1.24 bits per heavy atom. The smallest absolute Gasteiger partial charge is 0.271 e. The quantitative estimate of drug-likeness (QED) is 0.775. The van der Waals surface area contributed by atoms with E-state index in [9.17, 15) is 4.79 Å². The monoisotopic (exact) mass is 339 g/mol. The number of hydrogen-bond donors (Lipinski definition) is 1. The van der Waals surface area contributed by atoms with E-state index in [4.69, 9.17) is 0 Å². The second-order valence-corrected chi connectivity index (χ2v) is 6.48. The van der Waals surface area contributed by atoms with Crippen molar-refractivity contribution in [2.75, 3.05) is 18.0 Å². The van der Waals surface area contributed by atoms with Crippen LogP contribution >= 0.6 is 0 Å². The van der Waals surface area contributed by atoms with Crippen molar-refractivity contribution in [1.82, 2.24) is 29.7 Å². The topological polar surface area (TPSA) is 80.4 Å². The highest BCUT2D eigenvalue weighted by Gasteiger charge is 2.24. The van der Waals surface area contributed by atoms with Crippen LogP contribution in [0.15, 0.2) is 30.7 Å². The number of aryl methyl sites for hydroxylation is 2. The van der Waals surface area contributed by atoms with Crippen molar-refractivity contribution in [3.05, 3.63) is 42.1 Å². The molecule has 0 atom stereocenters. The SMILES string of the molecule is Cc1cc2c(N3CCC(NC(=O)c4ccn(C)n4)CC3)nccn2n1. The summed E-state index contributed by atoms with van der Waals surface area (Å²) < 4.78 is 3.50. The number of amides is 1. The first kappa shape index (κ1) is 15.6. The van der Waals surface area contributed by atoms with Crippen LogP contribution in [0.4, 0.5) is 5.82 Å². The van der Waals surface area contributed by atoms with Crippen LogP contribution in [0.1, 0.15) is 29.0 Å². The number of aromatic nitrogens is 5. The molecule has 0 aromatic carbocycles. The van der Waals surface area contributed by atoms with E-state index in [0.717, 1.165) is 43.0 Å². The van der Waals surface area contributed by atoms with E-state index in [-0.39, 0.29) is 11.9 Å². The Morgan fingerprint density at radius 2 is 2.04 bits per heavy atom. The molecule has 0 radical (unpaired) electrons. The van der Waals surface area contributed by atoms with Crippen molar-refractivity contribution in [2.24, 2.45) is 7.05 Å². The van der Waals surface area contributed by atoms with Crippen LogP contribution < -0.4 is 10.2 Å². The van der Waals surface area contributed by atoms with Crippen LogP contribution in [-0.4, -0.2) is 49.4 Å². The molecule has 0 bridgehead atoms. The number of piperidine rings is 1. The number of hydrogen-bond acceptors (Lipinski definition) is 5. The summed E-state index contributed by atoms with van der Waals surface area (Å²) in [6.07, 6.45) is 7.19. The molecule has 4 rings (SSSR count).